The molecule has 2 aromatic heterocycles. The van der Waals surface area contributed by atoms with Gasteiger partial charge in [0.2, 0.25) is 0 Å². The summed E-state index contributed by atoms with van der Waals surface area (Å²) in [5.41, 5.74) is 1.53. The minimum absolute atomic E-state index is 0.00291. The zero-order chi connectivity index (χ0) is 31.4. The minimum Gasteiger partial charge on any atom is -0.480 e. The minimum atomic E-state index is -1.15. The van der Waals surface area contributed by atoms with Gasteiger partial charge >= 0.3 is 5.97 Å². The number of aliphatic hydroxyl groups is 3. The third-order valence-electron chi connectivity index (χ3n) is 7.92. The highest BCUT2D eigenvalue weighted by Gasteiger charge is 2.45. The average molecular weight is 638 g/mol. The van der Waals surface area contributed by atoms with Crippen LogP contribution in [0.5, 0.6) is 0 Å². The Morgan fingerprint density at radius 2 is 2.02 bits per heavy atom. The van der Waals surface area contributed by atoms with Crippen LogP contribution in [0.2, 0.25) is 0 Å². The predicted molar refractivity (Wildman–Crippen MR) is 156 cm³/mol. The standard InChI is InChI=1S/C23H28F2N6O4S.C5H9NO2/c1-2-7-36-23-27-21(26-15-9-12(15)11-3-4-13(24)14(25)8-11)18-22(28-23)31(30-29-18)16-10-17(35-6-5-32)20(34)19(16)33;7-5(8)4-2-1-3-6-4/h3-4,8,12,15-17,19-20,32-34H,2,5-7,9-10H2,1H3,(H,26,27,28);4,6H,1-3H2,(H,7,8)/t12-,15+,16+,17-,19-,20+;4-/m00/s1. The number of benzene rings is 1. The number of nitrogens with zero attached hydrogens (tertiary/aromatic N) is 5. The number of ether oxygens (including phenoxy) is 1. The van der Waals surface area contributed by atoms with Crippen LogP contribution in [0.1, 0.15) is 56.6 Å². The zero-order valence-electron chi connectivity index (χ0n) is 24.1. The van der Waals surface area contributed by atoms with Crippen molar-refractivity contribution in [3.8, 4) is 0 Å². The van der Waals surface area contributed by atoms with Crippen LogP contribution in [-0.4, -0.2) is 107 Å². The molecule has 0 spiro atoms. The summed E-state index contributed by atoms with van der Waals surface area (Å²) in [5.74, 6) is -1.19. The second kappa shape index (κ2) is 14.4. The molecule has 1 aliphatic heterocycles. The smallest absolute Gasteiger partial charge is 0.320 e. The predicted octanol–water partition coefficient (Wildman–Crippen LogP) is 1.84. The molecule has 13 nitrogen and oxygen atoms in total. The lowest BCUT2D eigenvalue weighted by Crippen LogP contribution is -2.33. The van der Waals surface area contributed by atoms with Gasteiger partial charge < -0.3 is 35.8 Å². The summed E-state index contributed by atoms with van der Waals surface area (Å²) in [6.07, 6.45) is 0.742. The van der Waals surface area contributed by atoms with Crippen LogP contribution in [0.4, 0.5) is 14.6 Å². The number of fused-ring (bicyclic) bond motifs is 1. The number of aliphatic carboxylic acids is 1. The number of carboxylic acid groups (broad SMARTS) is 1. The molecule has 3 aliphatic rings. The van der Waals surface area contributed by atoms with E-state index >= 15 is 0 Å². The van der Waals surface area contributed by atoms with Gasteiger partial charge in [0.25, 0.3) is 0 Å². The van der Waals surface area contributed by atoms with E-state index in [9.17, 15) is 23.8 Å². The molecule has 3 fully saturated rings. The summed E-state index contributed by atoms with van der Waals surface area (Å²) in [5, 5.41) is 53.7. The van der Waals surface area contributed by atoms with Crippen LogP contribution in [0.25, 0.3) is 11.2 Å². The third-order valence-corrected chi connectivity index (χ3v) is 8.97. The third kappa shape index (κ3) is 7.26. The van der Waals surface area contributed by atoms with Crippen molar-refractivity contribution in [1.82, 2.24) is 30.3 Å². The van der Waals surface area contributed by atoms with Gasteiger partial charge in [-0.15, -0.1) is 5.10 Å². The monoisotopic (exact) mass is 637 g/mol. The number of aromatic nitrogens is 5. The molecule has 7 atom stereocenters. The molecule has 6 rings (SSSR count). The van der Waals surface area contributed by atoms with E-state index in [2.05, 4.69) is 37.8 Å². The molecule has 0 bridgehead atoms. The molecule has 6 N–H and O–H groups in total. The average Bonchev–Trinajstić information content (AvgIpc) is 3.32. The van der Waals surface area contributed by atoms with Crippen LogP contribution < -0.4 is 10.6 Å². The number of carboxylic acids is 1. The molecular formula is C28H37F2N7O6S. The molecule has 1 saturated heterocycles. The Balaban J connectivity index is 0.000000418. The molecule has 0 unspecified atom stereocenters. The molecular weight excluding hydrogens is 600 g/mol. The number of hydrogen-bond donors (Lipinski definition) is 6. The summed E-state index contributed by atoms with van der Waals surface area (Å²) >= 11 is 1.48. The molecule has 2 aliphatic carbocycles. The van der Waals surface area contributed by atoms with Crippen LogP contribution in [0.15, 0.2) is 23.4 Å². The highest BCUT2D eigenvalue weighted by molar-refractivity contribution is 7.99. The van der Waals surface area contributed by atoms with Gasteiger partial charge in [0.1, 0.15) is 18.2 Å². The number of anilines is 1. The quantitative estimate of drug-likeness (QED) is 0.132. The fourth-order valence-electron chi connectivity index (χ4n) is 5.51. The second-order valence-electron chi connectivity index (χ2n) is 11.1. The Morgan fingerprint density at radius 3 is 2.68 bits per heavy atom. The van der Waals surface area contributed by atoms with Crippen LogP contribution >= 0.6 is 11.8 Å². The lowest BCUT2D eigenvalue weighted by Gasteiger charge is -2.17. The van der Waals surface area contributed by atoms with Gasteiger partial charge in [-0.05, 0) is 49.9 Å². The summed E-state index contributed by atoms with van der Waals surface area (Å²) in [6.45, 7) is 2.77. The second-order valence-corrected chi connectivity index (χ2v) is 12.1. The van der Waals surface area contributed by atoms with E-state index in [1.807, 2.05) is 0 Å². The van der Waals surface area contributed by atoms with Crippen molar-refractivity contribution in [3.05, 3.63) is 35.4 Å². The van der Waals surface area contributed by atoms with Crippen molar-refractivity contribution < 1.29 is 38.7 Å². The van der Waals surface area contributed by atoms with Crippen LogP contribution in [0, 0.1) is 11.6 Å². The Bertz CT molecular complexity index is 1440. The topological polar surface area (TPSA) is 188 Å². The van der Waals surface area contributed by atoms with Crippen molar-refractivity contribution in [3.63, 3.8) is 0 Å². The van der Waals surface area contributed by atoms with Crippen molar-refractivity contribution in [2.75, 3.05) is 30.8 Å². The molecule has 0 amide bonds. The first kappa shape index (κ1) is 32.4. The zero-order valence-corrected chi connectivity index (χ0v) is 25.0. The summed E-state index contributed by atoms with van der Waals surface area (Å²) in [7, 11) is 0. The molecule has 3 aromatic rings. The van der Waals surface area contributed by atoms with Gasteiger partial charge in [0.05, 0.1) is 25.4 Å². The first-order valence-electron chi connectivity index (χ1n) is 14.7. The van der Waals surface area contributed by atoms with Crippen LogP contribution in [-0.2, 0) is 9.53 Å². The van der Waals surface area contributed by atoms with Gasteiger partial charge in [0.15, 0.2) is 33.8 Å². The molecule has 0 radical (unpaired) electrons. The maximum absolute atomic E-state index is 13.7. The van der Waals surface area contributed by atoms with Gasteiger partial charge in [-0.25, -0.2) is 23.4 Å². The van der Waals surface area contributed by atoms with E-state index in [0.29, 0.717) is 27.7 Å². The summed E-state index contributed by atoms with van der Waals surface area (Å²) < 4.78 is 34.0. The van der Waals surface area contributed by atoms with E-state index in [1.54, 1.807) is 6.07 Å². The maximum Gasteiger partial charge on any atom is 0.320 e. The summed E-state index contributed by atoms with van der Waals surface area (Å²) in [4.78, 5) is 19.4. The van der Waals surface area contributed by atoms with Gasteiger partial charge in [0, 0.05) is 24.1 Å². The largest absolute Gasteiger partial charge is 0.480 e. The number of nitrogens with one attached hydrogen (secondary N) is 2. The Kier molecular flexibility index (Phi) is 10.6. The van der Waals surface area contributed by atoms with E-state index in [4.69, 9.17) is 14.9 Å². The van der Waals surface area contributed by atoms with Crippen molar-refractivity contribution in [2.45, 2.75) is 86.5 Å². The van der Waals surface area contributed by atoms with E-state index < -0.39 is 42.0 Å². The van der Waals surface area contributed by atoms with Gasteiger partial charge in [-0.2, -0.15) is 0 Å². The molecule has 3 heterocycles. The number of halogens is 2. The number of aliphatic hydroxyl groups excluding tert-OH is 3. The lowest BCUT2D eigenvalue weighted by molar-refractivity contribution is -0.139. The fraction of sp³-hybridized carbons (Fsp3) is 0.607. The van der Waals surface area contributed by atoms with Crippen molar-refractivity contribution in [2.24, 2.45) is 0 Å². The molecule has 240 valence electrons. The highest BCUT2D eigenvalue weighted by Crippen LogP contribution is 2.44. The Hall–Kier alpha value is -3.02. The lowest BCUT2D eigenvalue weighted by atomic mass is 10.1. The summed E-state index contributed by atoms with van der Waals surface area (Å²) in [6, 6.07) is 3.00. The highest BCUT2D eigenvalue weighted by atomic mass is 32.2. The van der Waals surface area contributed by atoms with Crippen molar-refractivity contribution in [1.29, 1.82) is 0 Å². The van der Waals surface area contributed by atoms with E-state index in [0.717, 1.165) is 44.0 Å². The first-order chi connectivity index (χ1) is 21.2. The van der Waals surface area contributed by atoms with E-state index in [1.165, 1.54) is 22.5 Å². The maximum atomic E-state index is 13.7. The number of hydrogen-bond acceptors (Lipinski definition) is 12. The number of carbonyl (C=O) groups is 1. The Morgan fingerprint density at radius 1 is 1.20 bits per heavy atom. The normalized spacial score (nSPS) is 27.7. The Labute approximate surface area is 256 Å². The van der Waals surface area contributed by atoms with E-state index in [-0.39, 0.29) is 37.6 Å². The molecule has 44 heavy (non-hydrogen) atoms. The first-order valence-corrected chi connectivity index (χ1v) is 15.7. The molecule has 16 heteroatoms. The molecule has 2 saturated carbocycles. The SMILES string of the molecule is CCCSc1nc(N[C@@H]2C[C@H]2c2ccc(F)c(F)c2)c2nnn([C@@H]3C[C@H](OCCO)[C@@H](O)[C@H]3O)c2n1.O=C(O)[C@@H]1CCCN1. The van der Waals surface area contributed by atoms with Gasteiger partial charge in [-0.1, -0.05) is 30.0 Å². The van der Waals surface area contributed by atoms with Gasteiger partial charge in [-0.3, -0.25) is 4.79 Å². The molecule has 1 aromatic carbocycles. The fourth-order valence-corrected chi connectivity index (χ4v) is 6.20. The van der Waals surface area contributed by atoms with Crippen LogP contribution in [0.3, 0.4) is 0 Å². The van der Waals surface area contributed by atoms with Crippen molar-refractivity contribution >= 4 is 34.7 Å². The number of thioether (sulfide) groups is 1. The number of rotatable bonds is 11.